The Labute approximate surface area is 131 Å². The molecule has 0 bridgehead atoms. The summed E-state index contributed by atoms with van der Waals surface area (Å²) < 4.78 is 26.1. The van der Waals surface area contributed by atoms with Gasteiger partial charge in [-0.1, -0.05) is 0 Å². The Morgan fingerprint density at radius 3 is 2.15 bits per heavy atom. The number of carbonyl (C=O) groups is 1. The zero-order valence-electron chi connectivity index (χ0n) is 11.8. The molecule has 0 aromatic carbocycles. The largest absolute Gasteiger partial charge is 0.339 e. The summed E-state index contributed by atoms with van der Waals surface area (Å²) in [6, 6.07) is -0.234. The van der Waals surface area contributed by atoms with Crippen LogP contribution in [0.2, 0.25) is 0 Å². The van der Waals surface area contributed by atoms with E-state index >= 15 is 0 Å². The van der Waals surface area contributed by atoms with Gasteiger partial charge < -0.3 is 4.90 Å². The SMILES string of the molecule is CC(C)N1CCN(C(=O)C2CC(F)(F)CN2)CC1.Cl.Cl. The highest BCUT2D eigenvalue weighted by Gasteiger charge is 2.43. The molecule has 0 saturated carbocycles. The molecule has 4 nitrogen and oxygen atoms in total. The van der Waals surface area contributed by atoms with Crippen molar-refractivity contribution in [3.05, 3.63) is 0 Å². The predicted molar refractivity (Wildman–Crippen MR) is 79.1 cm³/mol. The Morgan fingerprint density at radius 1 is 1.20 bits per heavy atom. The number of hydrogen-bond acceptors (Lipinski definition) is 3. The first-order valence-electron chi connectivity index (χ1n) is 6.53. The lowest BCUT2D eigenvalue weighted by Gasteiger charge is -2.37. The minimum Gasteiger partial charge on any atom is -0.339 e. The van der Waals surface area contributed by atoms with Gasteiger partial charge in [-0.3, -0.25) is 15.0 Å². The molecule has 2 aliphatic rings. The number of piperazine rings is 1. The van der Waals surface area contributed by atoms with Gasteiger partial charge in [0.2, 0.25) is 5.91 Å². The molecule has 0 radical (unpaired) electrons. The first-order valence-corrected chi connectivity index (χ1v) is 6.53. The van der Waals surface area contributed by atoms with Crippen molar-refractivity contribution in [1.82, 2.24) is 15.1 Å². The van der Waals surface area contributed by atoms with E-state index in [2.05, 4.69) is 24.1 Å². The van der Waals surface area contributed by atoms with Gasteiger partial charge in [0.15, 0.2) is 0 Å². The van der Waals surface area contributed by atoms with Crippen molar-refractivity contribution < 1.29 is 13.6 Å². The van der Waals surface area contributed by atoms with E-state index in [0.717, 1.165) is 13.1 Å². The first-order chi connectivity index (χ1) is 8.39. The lowest BCUT2D eigenvalue weighted by atomic mass is 10.1. The Balaban J connectivity index is 0.00000180. The topological polar surface area (TPSA) is 35.6 Å². The predicted octanol–water partition coefficient (Wildman–Crippen LogP) is 1.38. The van der Waals surface area contributed by atoms with Gasteiger partial charge in [0.05, 0.1) is 12.6 Å². The van der Waals surface area contributed by atoms with E-state index in [4.69, 9.17) is 0 Å². The molecular formula is C12H23Cl2F2N3O. The zero-order valence-corrected chi connectivity index (χ0v) is 13.4. The van der Waals surface area contributed by atoms with Gasteiger partial charge in [-0.25, -0.2) is 8.78 Å². The van der Waals surface area contributed by atoms with E-state index in [-0.39, 0.29) is 43.7 Å². The molecule has 20 heavy (non-hydrogen) atoms. The maximum Gasteiger partial charge on any atom is 0.262 e. The highest BCUT2D eigenvalue weighted by molar-refractivity contribution is 5.85. The molecule has 2 heterocycles. The fraction of sp³-hybridized carbons (Fsp3) is 0.917. The highest BCUT2D eigenvalue weighted by atomic mass is 35.5. The maximum absolute atomic E-state index is 13.0. The van der Waals surface area contributed by atoms with Gasteiger partial charge >= 0.3 is 0 Å². The molecule has 0 aliphatic carbocycles. The molecule has 1 unspecified atom stereocenters. The summed E-state index contributed by atoms with van der Waals surface area (Å²) >= 11 is 0. The van der Waals surface area contributed by atoms with E-state index in [1.807, 2.05) is 0 Å². The molecule has 1 atom stereocenters. The van der Waals surface area contributed by atoms with Crippen LogP contribution in [0.25, 0.3) is 0 Å². The fourth-order valence-corrected chi connectivity index (χ4v) is 2.57. The molecule has 2 saturated heterocycles. The monoisotopic (exact) mass is 333 g/mol. The van der Waals surface area contributed by atoms with Crippen molar-refractivity contribution in [2.75, 3.05) is 32.7 Å². The van der Waals surface area contributed by atoms with Crippen LogP contribution in [0.3, 0.4) is 0 Å². The Kier molecular flexibility index (Phi) is 7.66. The molecule has 120 valence electrons. The molecule has 0 spiro atoms. The van der Waals surface area contributed by atoms with Crippen LogP contribution in [0.15, 0.2) is 0 Å². The van der Waals surface area contributed by atoms with Crippen molar-refractivity contribution >= 4 is 30.7 Å². The third-order valence-corrected chi connectivity index (χ3v) is 3.76. The number of halogens is 4. The molecule has 0 aromatic rings. The molecule has 2 rings (SSSR count). The Morgan fingerprint density at radius 2 is 1.75 bits per heavy atom. The molecule has 1 amide bonds. The number of rotatable bonds is 2. The van der Waals surface area contributed by atoms with Crippen LogP contribution < -0.4 is 5.32 Å². The first kappa shape index (κ1) is 19.8. The summed E-state index contributed by atoms with van der Waals surface area (Å²) in [6.45, 7) is 6.79. The quantitative estimate of drug-likeness (QED) is 0.829. The van der Waals surface area contributed by atoms with Gasteiger partial charge in [-0.2, -0.15) is 0 Å². The van der Waals surface area contributed by atoms with Gasteiger partial charge in [0.25, 0.3) is 5.92 Å². The lowest BCUT2D eigenvalue weighted by molar-refractivity contribution is -0.135. The van der Waals surface area contributed by atoms with Crippen molar-refractivity contribution in [3.8, 4) is 0 Å². The smallest absolute Gasteiger partial charge is 0.262 e. The summed E-state index contributed by atoms with van der Waals surface area (Å²) in [5.74, 6) is -2.91. The van der Waals surface area contributed by atoms with E-state index in [1.54, 1.807) is 4.90 Å². The van der Waals surface area contributed by atoms with Gasteiger partial charge in [-0.05, 0) is 13.8 Å². The van der Waals surface area contributed by atoms with Gasteiger partial charge in [-0.15, -0.1) is 24.8 Å². The molecule has 2 fully saturated rings. The van der Waals surface area contributed by atoms with Gasteiger partial charge in [0.1, 0.15) is 0 Å². The normalized spacial score (nSPS) is 26.1. The molecule has 2 aliphatic heterocycles. The molecular weight excluding hydrogens is 311 g/mol. The number of nitrogens with one attached hydrogen (secondary N) is 1. The minimum atomic E-state index is -2.74. The fourth-order valence-electron chi connectivity index (χ4n) is 2.57. The number of carbonyl (C=O) groups excluding carboxylic acids is 1. The Hall–Kier alpha value is -0.170. The molecule has 8 heteroatoms. The number of nitrogens with zero attached hydrogens (tertiary/aromatic N) is 2. The number of alkyl halides is 2. The summed E-state index contributed by atoms with van der Waals surface area (Å²) in [7, 11) is 0. The summed E-state index contributed by atoms with van der Waals surface area (Å²) in [5, 5.41) is 2.62. The minimum absolute atomic E-state index is 0. The summed E-state index contributed by atoms with van der Waals surface area (Å²) in [5.41, 5.74) is 0. The third kappa shape index (κ3) is 4.69. The average Bonchev–Trinajstić information content (AvgIpc) is 2.69. The average molecular weight is 334 g/mol. The van der Waals surface area contributed by atoms with Crippen LogP contribution in [-0.2, 0) is 4.79 Å². The van der Waals surface area contributed by atoms with Gasteiger partial charge in [0, 0.05) is 38.6 Å². The maximum atomic E-state index is 13.0. The second-order valence-electron chi connectivity index (χ2n) is 5.45. The van der Waals surface area contributed by atoms with E-state index in [0.29, 0.717) is 19.1 Å². The van der Waals surface area contributed by atoms with Crippen LogP contribution >= 0.6 is 24.8 Å². The van der Waals surface area contributed by atoms with E-state index in [9.17, 15) is 13.6 Å². The molecule has 1 N–H and O–H groups in total. The van der Waals surface area contributed by atoms with Crippen LogP contribution in [0, 0.1) is 0 Å². The summed E-state index contributed by atoms with van der Waals surface area (Å²) in [4.78, 5) is 16.1. The Bertz CT molecular complexity index is 324. The van der Waals surface area contributed by atoms with Crippen LogP contribution in [0.5, 0.6) is 0 Å². The van der Waals surface area contributed by atoms with Crippen LogP contribution in [0.1, 0.15) is 20.3 Å². The van der Waals surface area contributed by atoms with Crippen LogP contribution in [-0.4, -0.2) is 66.4 Å². The third-order valence-electron chi connectivity index (χ3n) is 3.76. The van der Waals surface area contributed by atoms with Crippen molar-refractivity contribution in [2.24, 2.45) is 0 Å². The standard InChI is InChI=1S/C12H21F2N3O.2ClH/c1-9(2)16-3-5-17(6-4-16)11(18)10-7-12(13,14)8-15-10;;/h9-10,15H,3-8H2,1-2H3;2*1H. The van der Waals surface area contributed by atoms with E-state index < -0.39 is 12.0 Å². The molecule has 0 aromatic heterocycles. The second kappa shape index (κ2) is 7.73. The van der Waals surface area contributed by atoms with Crippen molar-refractivity contribution in [3.63, 3.8) is 0 Å². The summed E-state index contributed by atoms with van der Waals surface area (Å²) in [6.07, 6.45) is -0.365. The van der Waals surface area contributed by atoms with Crippen molar-refractivity contribution in [2.45, 2.75) is 38.3 Å². The highest BCUT2D eigenvalue weighted by Crippen LogP contribution is 2.26. The lowest BCUT2D eigenvalue weighted by Crippen LogP contribution is -2.54. The second-order valence-corrected chi connectivity index (χ2v) is 5.45. The van der Waals surface area contributed by atoms with E-state index in [1.165, 1.54) is 0 Å². The van der Waals surface area contributed by atoms with Crippen LogP contribution in [0.4, 0.5) is 8.78 Å². The number of hydrogen-bond donors (Lipinski definition) is 1. The van der Waals surface area contributed by atoms with Crippen molar-refractivity contribution in [1.29, 1.82) is 0 Å². The zero-order chi connectivity index (χ0) is 13.3. The number of amides is 1.